The molecule has 0 aromatic carbocycles. The van der Waals surface area contributed by atoms with Gasteiger partial charge in [-0.15, -0.1) is 11.3 Å². The SMILES string of the molecule is O=C(Cc1csc(-c2ncccn2)n1)NC1CCc2nccn2C1. The highest BCUT2D eigenvalue weighted by atomic mass is 32.1. The van der Waals surface area contributed by atoms with Crippen molar-refractivity contribution in [1.29, 1.82) is 0 Å². The van der Waals surface area contributed by atoms with E-state index in [9.17, 15) is 4.79 Å². The van der Waals surface area contributed by atoms with Crippen molar-refractivity contribution in [1.82, 2.24) is 29.8 Å². The fourth-order valence-electron chi connectivity index (χ4n) is 2.83. The van der Waals surface area contributed by atoms with Crippen LogP contribution >= 0.6 is 11.3 Å². The van der Waals surface area contributed by atoms with E-state index in [-0.39, 0.29) is 18.4 Å². The number of hydrogen-bond acceptors (Lipinski definition) is 6. The normalized spacial score (nSPS) is 16.6. The lowest BCUT2D eigenvalue weighted by Gasteiger charge is -2.24. The molecule has 8 heteroatoms. The molecule has 0 fully saturated rings. The number of aromatic nitrogens is 5. The van der Waals surface area contributed by atoms with E-state index in [4.69, 9.17) is 0 Å². The number of thiazole rings is 1. The summed E-state index contributed by atoms with van der Waals surface area (Å²) in [4.78, 5) is 29.4. The monoisotopic (exact) mass is 340 g/mol. The molecule has 1 atom stereocenters. The quantitative estimate of drug-likeness (QED) is 0.777. The highest BCUT2D eigenvalue weighted by Gasteiger charge is 2.20. The van der Waals surface area contributed by atoms with Gasteiger partial charge in [-0.3, -0.25) is 4.79 Å². The lowest BCUT2D eigenvalue weighted by atomic mass is 10.1. The van der Waals surface area contributed by atoms with Gasteiger partial charge in [0, 0.05) is 49.2 Å². The number of carbonyl (C=O) groups excluding carboxylic acids is 1. The van der Waals surface area contributed by atoms with Crippen LogP contribution in [0.4, 0.5) is 0 Å². The Morgan fingerprint density at radius 2 is 2.17 bits per heavy atom. The molecule has 4 heterocycles. The summed E-state index contributed by atoms with van der Waals surface area (Å²) in [7, 11) is 0. The Labute approximate surface area is 142 Å². The molecule has 24 heavy (non-hydrogen) atoms. The van der Waals surface area contributed by atoms with E-state index in [2.05, 4.69) is 29.8 Å². The molecule has 3 aromatic heterocycles. The van der Waals surface area contributed by atoms with Crippen LogP contribution in [0.3, 0.4) is 0 Å². The van der Waals surface area contributed by atoms with Gasteiger partial charge in [-0.2, -0.15) is 0 Å². The fourth-order valence-corrected chi connectivity index (χ4v) is 3.59. The van der Waals surface area contributed by atoms with Crippen molar-refractivity contribution in [3.63, 3.8) is 0 Å². The van der Waals surface area contributed by atoms with E-state index in [1.807, 2.05) is 17.8 Å². The zero-order valence-corrected chi connectivity index (χ0v) is 13.7. The van der Waals surface area contributed by atoms with Crippen LogP contribution in [-0.2, 0) is 24.2 Å². The van der Waals surface area contributed by atoms with Gasteiger partial charge in [-0.05, 0) is 12.5 Å². The zero-order chi connectivity index (χ0) is 16.4. The molecule has 1 aliphatic heterocycles. The molecule has 0 aliphatic carbocycles. The summed E-state index contributed by atoms with van der Waals surface area (Å²) in [5.74, 6) is 1.68. The van der Waals surface area contributed by atoms with Gasteiger partial charge in [0.25, 0.3) is 0 Å². The van der Waals surface area contributed by atoms with E-state index in [1.165, 1.54) is 11.3 Å². The van der Waals surface area contributed by atoms with Crippen molar-refractivity contribution in [2.75, 3.05) is 0 Å². The molecule has 0 saturated carbocycles. The van der Waals surface area contributed by atoms with Crippen molar-refractivity contribution in [3.05, 3.63) is 47.8 Å². The Kier molecular flexibility index (Phi) is 4.04. The topological polar surface area (TPSA) is 85.6 Å². The Balaban J connectivity index is 1.36. The van der Waals surface area contributed by atoms with E-state index >= 15 is 0 Å². The Morgan fingerprint density at radius 1 is 1.29 bits per heavy atom. The lowest BCUT2D eigenvalue weighted by molar-refractivity contribution is -0.121. The number of nitrogens with one attached hydrogen (secondary N) is 1. The van der Waals surface area contributed by atoms with Crippen molar-refractivity contribution in [3.8, 4) is 10.8 Å². The summed E-state index contributed by atoms with van der Waals surface area (Å²) < 4.78 is 2.10. The third-order valence-corrected chi connectivity index (χ3v) is 4.84. The van der Waals surface area contributed by atoms with Crippen molar-refractivity contribution >= 4 is 17.2 Å². The molecular weight excluding hydrogens is 324 g/mol. The summed E-state index contributed by atoms with van der Waals surface area (Å²) in [5, 5.41) is 5.72. The van der Waals surface area contributed by atoms with Gasteiger partial charge in [0.15, 0.2) is 10.8 Å². The van der Waals surface area contributed by atoms with Crippen LogP contribution < -0.4 is 5.32 Å². The summed E-state index contributed by atoms with van der Waals surface area (Å²) in [5.41, 5.74) is 0.749. The summed E-state index contributed by atoms with van der Waals surface area (Å²) in [6.45, 7) is 0.779. The minimum absolute atomic E-state index is 0.00519. The van der Waals surface area contributed by atoms with Gasteiger partial charge >= 0.3 is 0 Å². The number of carbonyl (C=O) groups is 1. The second kappa shape index (κ2) is 6.48. The first kappa shape index (κ1) is 14.9. The van der Waals surface area contributed by atoms with E-state index in [0.29, 0.717) is 5.82 Å². The van der Waals surface area contributed by atoms with Crippen LogP contribution in [0.2, 0.25) is 0 Å². The third-order valence-electron chi connectivity index (χ3n) is 3.95. The van der Waals surface area contributed by atoms with Gasteiger partial charge in [0.05, 0.1) is 12.1 Å². The molecule has 1 N–H and O–H groups in total. The molecule has 0 bridgehead atoms. The van der Waals surface area contributed by atoms with Crippen LogP contribution in [0.5, 0.6) is 0 Å². The number of imidazole rings is 1. The predicted octanol–water partition coefficient (Wildman–Crippen LogP) is 1.47. The molecule has 3 aromatic rings. The van der Waals surface area contributed by atoms with Gasteiger partial charge in [0.2, 0.25) is 5.91 Å². The third kappa shape index (κ3) is 3.18. The number of rotatable bonds is 4. The molecule has 0 radical (unpaired) electrons. The second-order valence-corrected chi connectivity index (χ2v) is 6.55. The fraction of sp³-hybridized carbons (Fsp3) is 0.312. The van der Waals surface area contributed by atoms with Gasteiger partial charge in [-0.1, -0.05) is 0 Å². The first-order valence-electron chi connectivity index (χ1n) is 7.79. The second-order valence-electron chi connectivity index (χ2n) is 5.69. The van der Waals surface area contributed by atoms with Gasteiger partial charge < -0.3 is 9.88 Å². The van der Waals surface area contributed by atoms with Crippen LogP contribution in [-0.4, -0.2) is 36.5 Å². The van der Waals surface area contributed by atoms with Gasteiger partial charge in [-0.25, -0.2) is 19.9 Å². The minimum atomic E-state index is -0.00519. The Bertz CT molecular complexity index is 843. The number of nitrogens with zero attached hydrogens (tertiary/aromatic N) is 5. The predicted molar refractivity (Wildman–Crippen MR) is 89.3 cm³/mol. The van der Waals surface area contributed by atoms with E-state index in [0.717, 1.165) is 35.9 Å². The molecule has 7 nitrogen and oxygen atoms in total. The smallest absolute Gasteiger partial charge is 0.226 e. The van der Waals surface area contributed by atoms with Crippen LogP contribution in [0, 0.1) is 0 Å². The number of amides is 1. The molecule has 0 saturated heterocycles. The average Bonchev–Trinajstić information content (AvgIpc) is 3.24. The molecule has 122 valence electrons. The number of hydrogen-bond donors (Lipinski definition) is 1. The van der Waals surface area contributed by atoms with E-state index in [1.54, 1.807) is 18.5 Å². The summed E-state index contributed by atoms with van der Waals surface area (Å²) in [6, 6.07) is 1.91. The zero-order valence-electron chi connectivity index (χ0n) is 12.9. The van der Waals surface area contributed by atoms with Crippen molar-refractivity contribution in [2.24, 2.45) is 0 Å². The largest absolute Gasteiger partial charge is 0.351 e. The lowest BCUT2D eigenvalue weighted by Crippen LogP contribution is -2.41. The molecule has 1 aliphatic rings. The van der Waals surface area contributed by atoms with Crippen LogP contribution in [0.1, 0.15) is 17.9 Å². The van der Waals surface area contributed by atoms with E-state index < -0.39 is 0 Å². The van der Waals surface area contributed by atoms with Crippen LogP contribution in [0.15, 0.2) is 36.2 Å². The summed E-state index contributed by atoms with van der Waals surface area (Å²) >= 11 is 1.45. The highest BCUT2D eigenvalue weighted by Crippen LogP contribution is 2.20. The molecule has 4 rings (SSSR count). The van der Waals surface area contributed by atoms with Crippen molar-refractivity contribution < 1.29 is 4.79 Å². The Hall–Kier alpha value is -2.61. The number of aryl methyl sites for hydroxylation is 1. The molecule has 1 unspecified atom stereocenters. The molecule has 1 amide bonds. The number of fused-ring (bicyclic) bond motifs is 1. The maximum Gasteiger partial charge on any atom is 0.226 e. The molecule has 0 spiro atoms. The van der Waals surface area contributed by atoms with Crippen LogP contribution in [0.25, 0.3) is 10.8 Å². The van der Waals surface area contributed by atoms with Gasteiger partial charge in [0.1, 0.15) is 5.82 Å². The minimum Gasteiger partial charge on any atom is -0.351 e. The van der Waals surface area contributed by atoms with Crippen molar-refractivity contribution in [2.45, 2.75) is 31.8 Å². The first-order valence-corrected chi connectivity index (χ1v) is 8.67. The maximum absolute atomic E-state index is 12.3. The first-order chi connectivity index (χ1) is 11.8. The molecular formula is C16H16N6OS. The average molecular weight is 340 g/mol. The summed E-state index contributed by atoms with van der Waals surface area (Å²) in [6.07, 6.45) is 9.22. The maximum atomic E-state index is 12.3. The highest BCUT2D eigenvalue weighted by molar-refractivity contribution is 7.13. The Morgan fingerprint density at radius 3 is 3.04 bits per heavy atom. The standard InChI is InChI=1S/C16H16N6OS/c23-14(20-11-2-3-13-17-6-7-22(13)9-11)8-12-10-24-16(21-12)15-18-4-1-5-19-15/h1,4-7,10-11H,2-3,8-9H2,(H,20,23).